The summed E-state index contributed by atoms with van der Waals surface area (Å²) in [7, 11) is 0. The number of halogens is 1. The van der Waals surface area contributed by atoms with Crippen molar-refractivity contribution in [2.75, 3.05) is 6.54 Å². The number of nitrogens with one attached hydrogen (secondary N) is 1. The average Bonchev–Trinajstić information content (AvgIpc) is 2.13. The third kappa shape index (κ3) is 4.78. The lowest BCUT2D eigenvalue weighted by Crippen LogP contribution is -2.43. The fraction of sp³-hybridized carbons (Fsp3) is 0.500. The first-order chi connectivity index (χ1) is 6.88. The van der Waals surface area contributed by atoms with Crippen LogP contribution in [0.4, 0.5) is 0 Å². The zero-order chi connectivity index (χ0) is 11.5. The summed E-state index contributed by atoms with van der Waals surface area (Å²) in [5, 5.41) is 3.42. The Bertz CT molecular complexity index is 318. The van der Waals surface area contributed by atoms with Crippen molar-refractivity contribution in [3.8, 4) is 0 Å². The normalized spacial score (nSPS) is 13.9. The minimum absolute atomic E-state index is 0.166. The molecule has 0 bridgehead atoms. The molecule has 0 radical (unpaired) electrons. The minimum Gasteiger partial charge on any atom is -0.324 e. The van der Waals surface area contributed by atoms with Crippen molar-refractivity contribution in [3.63, 3.8) is 0 Å². The molecular formula is C12H19BrN2. The number of hydrogen-bond donors (Lipinski definition) is 2. The molecule has 1 unspecified atom stereocenters. The highest BCUT2D eigenvalue weighted by molar-refractivity contribution is 9.10. The Morgan fingerprint density at radius 2 is 2.13 bits per heavy atom. The van der Waals surface area contributed by atoms with Crippen LogP contribution in [0.15, 0.2) is 28.7 Å². The second-order valence-electron chi connectivity index (χ2n) is 4.65. The van der Waals surface area contributed by atoms with Crippen LogP contribution in [-0.2, 0) is 0 Å². The first kappa shape index (κ1) is 12.7. The molecule has 0 saturated heterocycles. The van der Waals surface area contributed by atoms with Crippen molar-refractivity contribution in [1.29, 1.82) is 0 Å². The molecule has 0 fully saturated rings. The summed E-state index contributed by atoms with van der Waals surface area (Å²) in [6, 6.07) is 8.65. The van der Waals surface area contributed by atoms with E-state index >= 15 is 0 Å². The van der Waals surface area contributed by atoms with Crippen LogP contribution in [0.1, 0.15) is 32.4 Å². The topological polar surface area (TPSA) is 38.0 Å². The first-order valence-electron chi connectivity index (χ1n) is 5.16. The van der Waals surface area contributed by atoms with E-state index < -0.39 is 0 Å². The molecule has 1 aromatic rings. The Morgan fingerprint density at radius 3 is 2.67 bits per heavy atom. The van der Waals surface area contributed by atoms with Gasteiger partial charge in [-0.15, -0.1) is 0 Å². The Kier molecular flexibility index (Phi) is 4.32. The van der Waals surface area contributed by atoms with E-state index in [1.165, 1.54) is 5.56 Å². The summed E-state index contributed by atoms with van der Waals surface area (Å²) in [5.74, 6) is 0. The van der Waals surface area contributed by atoms with Crippen LogP contribution in [-0.4, -0.2) is 12.1 Å². The molecule has 0 saturated carbocycles. The third-order valence-electron chi connectivity index (χ3n) is 2.21. The average molecular weight is 271 g/mol. The van der Waals surface area contributed by atoms with Crippen LogP contribution in [0, 0.1) is 0 Å². The van der Waals surface area contributed by atoms with E-state index in [4.69, 9.17) is 5.73 Å². The van der Waals surface area contributed by atoms with Crippen LogP contribution in [0.3, 0.4) is 0 Å². The molecule has 0 aliphatic heterocycles. The highest BCUT2D eigenvalue weighted by Crippen LogP contribution is 2.17. The Morgan fingerprint density at radius 1 is 1.47 bits per heavy atom. The second-order valence-corrected chi connectivity index (χ2v) is 5.56. The van der Waals surface area contributed by atoms with Gasteiger partial charge in [0.05, 0.1) is 0 Å². The first-order valence-corrected chi connectivity index (χ1v) is 5.95. The van der Waals surface area contributed by atoms with Crippen LogP contribution in [0.25, 0.3) is 0 Å². The van der Waals surface area contributed by atoms with Gasteiger partial charge in [-0.3, -0.25) is 0 Å². The fourth-order valence-electron chi connectivity index (χ4n) is 1.31. The van der Waals surface area contributed by atoms with Gasteiger partial charge < -0.3 is 11.1 Å². The molecule has 3 N–H and O–H groups in total. The number of rotatable bonds is 4. The standard InChI is InChI=1S/C12H19BrN2/c1-9(15-8-12(2,3)14)10-5-4-6-11(13)7-10/h4-7,9,15H,8,14H2,1-3H3. The fourth-order valence-corrected chi connectivity index (χ4v) is 1.73. The molecule has 1 aromatic carbocycles. The van der Waals surface area contributed by atoms with Gasteiger partial charge >= 0.3 is 0 Å². The van der Waals surface area contributed by atoms with Crippen LogP contribution < -0.4 is 11.1 Å². The van der Waals surface area contributed by atoms with E-state index in [-0.39, 0.29) is 5.54 Å². The molecule has 3 heteroatoms. The minimum atomic E-state index is -0.166. The summed E-state index contributed by atoms with van der Waals surface area (Å²) < 4.78 is 1.11. The molecule has 2 nitrogen and oxygen atoms in total. The van der Waals surface area contributed by atoms with E-state index in [1.54, 1.807) is 0 Å². The molecule has 0 heterocycles. The second kappa shape index (κ2) is 5.10. The van der Waals surface area contributed by atoms with Gasteiger partial charge in [-0.1, -0.05) is 28.1 Å². The van der Waals surface area contributed by atoms with Gasteiger partial charge in [0.15, 0.2) is 0 Å². The maximum atomic E-state index is 5.92. The smallest absolute Gasteiger partial charge is 0.0292 e. The Hall–Kier alpha value is -0.380. The maximum absolute atomic E-state index is 5.92. The van der Waals surface area contributed by atoms with E-state index in [9.17, 15) is 0 Å². The molecule has 1 rings (SSSR count). The molecule has 0 amide bonds. The Balaban J connectivity index is 2.58. The molecule has 0 aromatic heterocycles. The van der Waals surface area contributed by atoms with E-state index in [0.29, 0.717) is 6.04 Å². The molecule has 0 aliphatic rings. The summed E-state index contributed by atoms with van der Waals surface area (Å²) in [5.41, 5.74) is 7.03. The predicted octanol–water partition coefficient (Wildman–Crippen LogP) is 2.84. The van der Waals surface area contributed by atoms with Crippen molar-refractivity contribution in [2.24, 2.45) is 5.73 Å². The van der Waals surface area contributed by atoms with Crippen LogP contribution >= 0.6 is 15.9 Å². The van der Waals surface area contributed by atoms with Gasteiger partial charge in [-0.25, -0.2) is 0 Å². The van der Waals surface area contributed by atoms with Crippen molar-refractivity contribution in [1.82, 2.24) is 5.32 Å². The third-order valence-corrected chi connectivity index (χ3v) is 2.71. The summed E-state index contributed by atoms with van der Waals surface area (Å²) in [6.07, 6.45) is 0. The lowest BCUT2D eigenvalue weighted by molar-refractivity contribution is 0.434. The number of benzene rings is 1. The monoisotopic (exact) mass is 270 g/mol. The van der Waals surface area contributed by atoms with Gasteiger partial charge in [0, 0.05) is 22.6 Å². The molecule has 0 spiro atoms. The quantitative estimate of drug-likeness (QED) is 0.883. The van der Waals surface area contributed by atoms with Gasteiger partial charge in [0.25, 0.3) is 0 Å². The summed E-state index contributed by atoms with van der Waals surface area (Å²) in [4.78, 5) is 0. The van der Waals surface area contributed by atoms with Crippen molar-refractivity contribution in [3.05, 3.63) is 34.3 Å². The largest absolute Gasteiger partial charge is 0.324 e. The van der Waals surface area contributed by atoms with Crippen LogP contribution in [0.5, 0.6) is 0 Å². The lowest BCUT2D eigenvalue weighted by atomic mass is 10.0. The summed E-state index contributed by atoms with van der Waals surface area (Å²) >= 11 is 3.47. The molecule has 0 aliphatic carbocycles. The van der Waals surface area contributed by atoms with Crippen molar-refractivity contribution >= 4 is 15.9 Å². The molecular weight excluding hydrogens is 252 g/mol. The van der Waals surface area contributed by atoms with Gasteiger partial charge in [0.2, 0.25) is 0 Å². The van der Waals surface area contributed by atoms with Crippen molar-refractivity contribution in [2.45, 2.75) is 32.4 Å². The number of hydrogen-bond acceptors (Lipinski definition) is 2. The van der Waals surface area contributed by atoms with Gasteiger partial charge in [0.1, 0.15) is 0 Å². The van der Waals surface area contributed by atoms with Crippen LogP contribution in [0.2, 0.25) is 0 Å². The zero-order valence-electron chi connectivity index (χ0n) is 9.55. The maximum Gasteiger partial charge on any atom is 0.0292 e. The van der Waals surface area contributed by atoms with E-state index in [2.05, 4.69) is 40.3 Å². The lowest BCUT2D eigenvalue weighted by Gasteiger charge is -2.23. The highest BCUT2D eigenvalue weighted by atomic mass is 79.9. The number of nitrogens with two attached hydrogens (primary N) is 1. The molecule has 1 atom stereocenters. The Labute approximate surface area is 100 Å². The predicted molar refractivity (Wildman–Crippen MR) is 68.8 cm³/mol. The van der Waals surface area contributed by atoms with Crippen molar-refractivity contribution < 1.29 is 0 Å². The van der Waals surface area contributed by atoms with E-state index in [1.807, 2.05) is 26.0 Å². The van der Waals surface area contributed by atoms with Gasteiger partial charge in [-0.2, -0.15) is 0 Å². The summed E-state index contributed by atoms with van der Waals surface area (Å²) in [6.45, 7) is 7.00. The SMILES string of the molecule is CC(NCC(C)(C)N)c1cccc(Br)c1. The van der Waals surface area contributed by atoms with Gasteiger partial charge in [-0.05, 0) is 38.5 Å². The molecule has 15 heavy (non-hydrogen) atoms. The zero-order valence-corrected chi connectivity index (χ0v) is 11.1. The van der Waals surface area contributed by atoms with E-state index in [0.717, 1.165) is 11.0 Å². The highest BCUT2D eigenvalue weighted by Gasteiger charge is 2.12. The molecule has 84 valence electrons.